The maximum Gasteiger partial charge on any atom is 0.0793 e. The van der Waals surface area contributed by atoms with Gasteiger partial charge in [-0.15, -0.1) is 0 Å². The summed E-state index contributed by atoms with van der Waals surface area (Å²) in [5.41, 5.74) is 4.03. The van der Waals surface area contributed by atoms with Crippen LogP contribution in [0.2, 0.25) is 0 Å². The molecule has 1 saturated carbocycles. The topological polar surface area (TPSA) is 21.3 Å². The molecule has 1 aliphatic rings. The third kappa shape index (κ3) is 3.62. The van der Waals surface area contributed by atoms with Crippen molar-refractivity contribution in [3.8, 4) is 0 Å². The molecule has 1 aromatic rings. The van der Waals surface area contributed by atoms with E-state index in [4.69, 9.17) is 4.74 Å². The molecule has 1 fully saturated rings. The summed E-state index contributed by atoms with van der Waals surface area (Å²) in [6.45, 7) is 4.34. The summed E-state index contributed by atoms with van der Waals surface area (Å²) in [6, 6.07) is 7.12. The molecule has 2 rings (SSSR count). The number of hydrogen-bond donors (Lipinski definition) is 1. The summed E-state index contributed by atoms with van der Waals surface area (Å²) in [5, 5.41) is 3.50. The zero-order valence-electron chi connectivity index (χ0n) is 13.4. The lowest BCUT2D eigenvalue weighted by Gasteiger charge is -2.35. The van der Waals surface area contributed by atoms with Crippen LogP contribution in [0.15, 0.2) is 18.2 Å². The van der Waals surface area contributed by atoms with E-state index in [1.54, 1.807) is 0 Å². The highest BCUT2D eigenvalue weighted by Crippen LogP contribution is 2.34. The Hall–Kier alpha value is -0.860. The van der Waals surface area contributed by atoms with Gasteiger partial charge in [0.15, 0.2) is 0 Å². The van der Waals surface area contributed by atoms with E-state index < -0.39 is 0 Å². The first-order chi connectivity index (χ1) is 9.65. The van der Waals surface area contributed by atoms with Gasteiger partial charge >= 0.3 is 0 Å². The maximum atomic E-state index is 5.91. The zero-order chi connectivity index (χ0) is 14.5. The first-order valence-corrected chi connectivity index (χ1v) is 7.94. The summed E-state index contributed by atoms with van der Waals surface area (Å²) in [6.07, 6.45) is 6.99. The highest BCUT2D eigenvalue weighted by Gasteiger charge is 2.30. The van der Waals surface area contributed by atoms with Crippen molar-refractivity contribution < 1.29 is 4.74 Å². The van der Waals surface area contributed by atoms with E-state index in [0.29, 0.717) is 12.0 Å². The zero-order valence-corrected chi connectivity index (χ0v) is 13.4. The van der Waals surface area contributed by atoms with Crippen LogP contribution in [0.1, 0.15) is 54.8 Å². The van der Waals surface area contributed by atoms with Crippen LogP contribution >= 0.6 is 0 Å². The van der Waals surface area contributed by atoms with Gasteiger partial charge in [-0.3, -0.25) is 0 Å². The minimum atomic E-state index is 0.279. The first kappa shape index (κ1) is 15.5. The monoisotopic (exact) mass is 275 g/mol. The SMILES string of the molecule is CNC(c1cc(C)cc(C)c1)C(OC)C1CCCCC1. The van der Waals surface area contributed by atoms with Gasteiger partial charge in [-0.1, -0.05) is 48.6 Å². The molecule has 112 valence electrons. The second kappa shape index (κ2) is 7.24. The first-order valence-electron chi connectivity index (χ1n) is 7.94. The molecular weight excluding hydrogens is 246 g/mol. The summed E-state index contributed by atoms with van der Waals surface area (Å²) < 4.78 is 5.91. The second-order valence-electron chi connectivity index (χ2n) is 6.29. The lowest BCUT2D eigenvalue weighted by atomic mass is 9.80. The van der Waals surface area contributed by atoms with Crippen molar-refractivity contribution in [1.29, 1.82) is 0 Å². The molecule has 0 amide bonds. The molecule has 0 radical (unpaired) electrons. The van der Waals surface area contributed by atoms with Gasteiger partial charge in [-0.05, 0) is 45.2 Å². The van der Waals surface area contributed by atoms with Crippen LogP contribution in [-0.4, -0.2) is 20.3 Å². The summed E-state index contributed by atoms with van der Waals surface area (Å²) in [5.74, 6) is 0.687. The third-order valence-electron chi connectivity index (χ3n) is 4.63. The van der Waals surface area contributed by atoms with Crippen molar-refractivity contribution in [3.05, 3.63) is 34.9 Å². The van der Waals surface area contributed by atoms with Crippen LogP contribution in [-0.2, 0) is 4.74 Å². The fourth-order valence-corrected chi connectivity index (χ4v) is 3.77. The van der Waals surface area contributed by atoms with E-state index in [1.165, 1.54) is 48.8 Å². The molecule has 0 bridgehead atoms. The van der Waals surface area contributed by atoms with Gasteiger partial charge in [-0.2, -0.15) is 0 Å². The number of methoxy groups -OCH3 is 1. The standard InChI is InChI=1S/C18H29NO/c1-13-10-14(2)12-16(11-13)17(19-3)18(20-4)15-8-6-5-7-9-15/h10-12,15,17-19H,5-9H2,1-4H3. The Kier molecular flexibility index (Phi) is 5.62. The van der Waals surface area contributed by atoms with E-state index >= 15 is 0 Å². The summed E-state index contributed by atoms with van der Waals surface area (Å²) in [4.78, 5) is 0. The molecule has 2 unspecified atom stereocenters. The van der Waals surface area contributed by atoms with Crippen molar-refractivity contribution in [2.24, 2.45) is 5.92 Å². The van der Waals surface area contributed by atoms with Gasteiger partial charge in [0.2, 0.25) is 0 Å². The van der Waals surface area contributed by atoms with Crippen LogP contribution in [0.4, 0.5) is 0 Å². The lowest BCUT2D eigenvalue weighted by molar-refractivity contribution is 0.00939. The number of likely N-dealkylation sites (N-methyl/N-ethyl adjacent to an activating group) is 1. The Morgan fingerprint density at radius 1 is 1.05 bits per heavy atom. The van der Waals surface area contributed by atoms with Crippen molar-refractivity contribution in [2.45, 2.75) is 58.1 Å². The number of hydrogen-bond acceptors (Lipinski definition) is 2. The molecule has 0 aliphatic heterocycles. The predicted molar refractivity (Wildman–Crippen MR) is 85.1 cm³/mol. The van der Waals surface area contributed by atoms with Gasteiger partial charge in [-0.25, -0.2) is 0 Å². The Bertz CT molecular complexity index is 403. The van der Waals surface area contributed by atoms with E-state index in [1.807, 2.05) is 7.11 Å². The molecule has 2 heteroatoms. The fraction of sp³-hybridized carbons (Fsp3) is 0.667. The number of ether oxygens (including phenoxy) is 1. The predicted octanol–water partition coefficient (Wildman–Crippen LogP) is 4.16. The molecule has 2 atom stereocenters. The molecule has 2 nitrogen and oxygen atoms in total. The Balaban J connectivity index is 2.23. The summed E-state index contributed by atoms with van der Waals surface area (Å²) >= 11 is 0. The molecule has 20 heavy (non-hydrogen) atoms. The van der Waals surface area contributed by atoms with Gasteiger partial charge < -0.3 is 10.1 Å². The molecule has 0 heterocycles. The van der Waals surface area contributed by atoms with E-state index in [9.17, 15) is 0 Å². The number of aryl methyl sites for hydroxylation is 2. The maximum absolute atomic E-state index is 5.91. The van der Waals surface area contributed by atoms with E-state index in [-0.39, 0.29) is 6.10 Å². The van der Waals surface area contributed by atoms with Crippen LogP contribution in [0.3, 0.4) is 0 Å². The number of benzene rings is 1. The summed E-state index contributed by atoms with van der Waals surface area (Å²) in [7, 11) is 3.92. The minimum absolute atomic E-state index is 0.279. The minimum Gasteiger partial charge on any atom is -0.379 e. The molecule has 1 N–H and O–H groups in total. The van der Waals surface area contributed by atoms with Crippen molar-refractivity contribution in [2.75, 3.05) is 14.2 Å². The van der Waals surface area contributed by atoms with Crippen LogP contribution in [0, 0.1) is 19.8 Å². The third-order valence-corrected chi connectivity index (χ3v) is 4.63. The Morgan fingerprint density at radius 2 is 1.65 bits per heavy atom. The number of rotatable bonds is 5. The second-order valence-corrected chi connectivity index (χ2v) is 6.29. The largest absolute Gasteiger partial charge is 0.379 e. The highest BCUT2D eigenvalue weighted by molar-refractivity contribution is 5.31. The lowest BCUT2D eigenvalue weighted by Crippen LogP contribution is -2.37. The molecule has 0 spiro atoms. The van der Waals surface area contributed by atoms with Gasteiger partial charge in [0.25, 0.3) is 0 Å². The average molecular weight is 275 g/mol. The van der Waals surface area contributed by atoms with Crippen LogP contribution in [0.25, 0.3) is 0 Å². The molecule has 0 saturated heterocycles. The Morgan fingerprint density at radius 3 is 2.15 bits per heavy atom. The molecule has 0 aromatic heterocycles. The highest BCUT2D eigenvalue weighted by atomic mass is 16.5. The van der Waals surface area contributed by atoms with Gasteiger partial charge in [0.05, 0.1) is 12.1 Å². The van der Waals surface area contributed by atoms with Crippen molar-refractivity contribution in [1.82, 2.24) is 5.32 Å². The smallest absolute Gasteiger partial charge is 0.0793 e. The quantitative estimate of drug-likeness (QED) is 0.871. The molecule has 1 aromatic carbocycles. The molecular formula is C18H29NO. The van der Waals surface area contributed by atoms with Crippen molar-refractivity contribution >= 4 is 0 Å². The normalized spacial score (nSPS) is 19.8. The Labute approximate surface area is 123 Å². The van der Waals surface area contributed by atoms with E-state index in [2.05, 4.69) is 44.4 Å². The van der Waals surface area contributed by atoms with Gasteiger partial charge in [0.1, 0.15) is 0 Å². The van der Waals surface area contributed by atoms with Gasteiger partial charge in [0, 0.05) is 7.11 Å². The fourth-order valence-electron chi connectivity index (χ4n) is 3.77. The number of nitrogens with one attached hydrogen (secondary N) is 1. The van der Waals surface area contributed by atoms with Crippen LogP contribution in [0.5, 0.6) is 0 Å². The van der Waals surface area contributed by atoms with Crippen molar-refractivity contribution in [3.63, 3.8) is 0 Å². The molecule has 1 aliphatic carbocycles. The average Bonchev–Trinajstić information content (AvgIpc) is 2.44. The van der Waals surface area contributed by atoms with E-state index in [0.717, 1.165) is 0 Å². The van der Waals surface area contributed by atoms with Crippen LogP contribution < -0.4 is 5.32 Å².